The SMILES string of the molecule is CCCn1c(=O)n(CCCn2nnc(Cc3cc(C(F)(F)F)ccc3F)n2)c(=O)c2[nH]c(Cl)nc21. The molecular weight excluding hydrogens is 496 g/mol. The number of nitrogens with one attached hydrogen (secondary N) is 1. The number of hydrogen-bond donors (Lipinski definition) is 1. The number of hydrogen-bond acceptors (Lipinski definition) is 6. The highest BCUT2D eigenvalue weighted by Crippen LogP contribution is 2.30. The summed E-state index contributed by atoms with van der Waals surface area (Å²) in [5, 5.41) is 11.6. The van der Waals surface area contributed by atoms with Gasteiger partial charge < -0.3 is 4.98 Å². The summed E-state index contributed by atoms with van der Waals surface area (Å²) >= 11 is 5.88. The van der Waals surface area contributed by atoms with E-state index in [-0.39, 0.29) is 53.8 Å². The summed E-state index contributed by atoms with van der Waals surface area (Å²) in [5.41, 5.74) is -1.98. The molecule has 4 aromatic rings. The highest BCUT2D eigenvalue weighted by molar-refractivity contribution is 6.28. The van der Waals surface area contributed by atoms with Crippen molar-refractivity contribution in [3.8, 4) is 0 Å². The van der Waals surface area contributed by atoms with Crippen LogP contribution in [0.2, 0.25) is 5.28 Å². The zero-order valence-corrected chi connectivity index (χ0v) is 19.1. The largest absolute Gasteiger partial charge is 0.416 e. The van der Waals surface area contributed by atoms with Crippen molar-refractivity contribution >= 4 is 22.8 Å². The Balaban J connectivity index is 1.48. The summed E-state index contributed by atoms with van der Waals surface area (Å²) in [6, 6.07) is 2.12. The number of imidazole rings is 1. The third-order valence-corrected chi connectivity index (χ3v) is 5.41. The fourth-order valence-electron chi connectivity index (χ4n) is 3.63. The van der Waals surface area contributed by atoms with E-state index in [0.717, 1.165) is 10.6 Å². The normalized spacial score (nSPS) is 12.1. The summed E-state index contributed by atoms with van der Waals surface area (Å²) in [4.78, 5) is 33.5. The van der Waals surface area contributed by atoms with Crippen molar-refractivity contribution in [2.24, 2.45) is 0 Å². The molecule has 0 bridgehead atoms. The number of benzene rings is 1. The molecule has 0 atom stereocenters. The molecule has 0 saturated carbocycles. The van der Waals surface area contributed by atoms with E-state index < -0.39 is 28.8 Å². The molecule has 1 aromatic carbocycles. The highest BCUT2D eigenvalue weighted by atomic mass is 35.5. The molecule has 3 aromatic heterocycles. The minimum Gasteiger partial charge on any atom is -0.323 e. The number of fused-ring (bicyclic) bond motifs is 1. The number of aryl methyl sites for hydroxylation is 2. The van der Waals surface area contributed by atoms with Crippen LogP contribution in [0.1, 0.15) is 36.7 Å². The van der Waals surface area contributed by atoms with Crippen molar-refractivity contribution in [2.75, 3.05) is 0 Å². The third-order valence-electron chi connectivity index (χ3n) is 5.24. The van der Waals surface area contributed by atoms with E-state index in [2.05, 4.69) is 25.4 Å². The lowest BCUT2D eigenvalue weighted by Crippen LogP contribution is -2.40. The van der Waals surface area contributed by atoms with Crippen molar-refractivity contribution in [1.82, 2.24) is 39.3 Å². The molecule has 10 nitrogen and oxygen atoms in total. The van der Waals surface area contributed by atoms with Gasteiger partial charge in [0, 0.05) is 19.5 Å². The minimum atomic E-state index is -4.61. The van der Waals surface area contributed by atoms with Crippen LogP contribution < -0.4 is 11.2 Å². The Labute approximate surface area is 199 Å². The van der Waals surface area contributed by atoms with Crippen LogP contribution in [0.25, 0.3) is 11.2 Å². The van der Waals surface area contributed by atoms with E-state index in [0.29, 0.717) is 25.1 Å². The molecule has 1 N–H and O–H groups in total. The van der Waals surface area contributed by atoms with E-state index in [4.69, 9.17) is 11.6 Å². The minimum absolute atomic E-state index is 0.00402. The van der Waals surface area contributed by atoms with Crippen LogP contribution in [-0.4, -0.2) is 39.3 Å². The maximum absolute atomic E-state index is 14.0. The van der Waals surface area contributed by atoms with E-state index in [1.807, 2.05) is 6.92 Å². The molecule has 0 amide bonds. The van der Waals surface area contributed by atoms with Crippen molar-refractivity contribution in [2.45, 2.75) is 52.0 Å². The van der Waals surface area contributed by atoms with Crippen LogP contribution >= 0.6 is 11.6 Å². The first-order valence-electron chi connectivity index (χ1n) is 10.6. The Morgan fingerprint density at radius 1 is 1.11 bits per heavy atom. The molecule has 0 aliphatic heterocycles. The third kappa shape index (κ3) is 5.11. The van der Waals surface area contributed by atoms with Gasteiger partial charge in [-0.25, -0.2) is 9.18 Å². The van der Waals surface area contributed by atoms with Gasteiger partial charge in [-0.1, -0.05) is 6.92 Å². The summed E-state index contributed by atoms with van der Waals surface area (Å²) in [6.07, 6.45) is -3.99. The summed E-state index contributed by atoms with van der Waals surface area (Å²) < 4.78 is 55.1. The van der Waals surface area contributed by atoms with Gasteiger partial charge in [-0.05, 0) is 53.4 Å². The van der Waals surface area contributed by atoms with Gasteiger partial charge in [0.25, 0.3) is 5.56 Å². The van der Waals surface area contributed by atoms with Crippen LogP contribution in [0.15, 0.2) is 27.8 Å². The number of alkyl halides is 3. The number of halogens is 5. The van der Waals surface area contributed by atoms with Crippen LogP contribution in [-0.2, 0) is 32.2 Å². The number of aromatic nitrogens is 8. The van der Waals surface area contributed by atoms with Gasteiger partial charge in [0.05, 0.1) is 12.1 Å². The average Bonchev–Trinajstić information content (AvgIpc) is 3.40. The van der Waals surface area contributed by atoms with Crippen molar-refractivity contribution in [1.29, 1.82) is 0 Å². The van der Waals surface area contributed by atoms with Crippen LogP contribution in [0.4, 0.5) is 17.6 Å². The fourth-order valence-corrected chi connectivity index (χ4v) is 3.80. The first-order chi connectivity index (χ1) is 16.6. The Hall–Kier alpha value is -3.55. The molecule has 0 radical (unpaired) electrons. The lowest BCUT2D eigenvalue weighted by molar-refractivity contribution is -0.137. The van der Waals surface area contributed by atoms with E-state index in [1.165, 1.54) is 9.36 Å². The first kappa shape index (κ1) is 24.6. The maximum Gasteiger partial charge on any atom is 0.416 e. The van der Waals surface area contributed by atoms with Gasteiger partial charge in [-0.3, -0.25) is 13.9 Å². The Morgan fingerprint density at radius 3 is 2.60 bits per heavy atom. The average molecular weight is 515 g/mol. The number of rotatable bonds is 8. The number of nitrogens with zero attached hydrogens (tertiary/aromatic N) is 7. The smallest absolute Gasteiger partial charge is 0.323 e. The summed E-state index contributed by atoms with van der Waals surface area (Å²) in [5.74, 6) is -0.786. The highest BCUT2D eigenvalue weighted by Gasteiger charge is 2.31. The fraction of sp³-hybridized carbons (Fsp3) is 0.400. The molecule has 3 heterocycles. The van der Waals surface area contributed by atoms with Crippen molar-refractivity contribution in [3.63, 3.8) is 0 Å². The summed E-state index contributed by atoms with van der Waals surface area (Å²) in [7, 11) is 0. The molecule has 0 fully saturated rings. The van der Waals surface area contributed by atoms with Crippen LogP contribution in [0.5, 0.6) is 0 Å². The number of H-pyrrole nitrogens is 1. The lowest BCUT2D eigenvalue weighted by Gasteiger charge is -2.10. The molecule has 4 rings (SSSR count). The standard InChI is InChI=1S/C20H19ClF4N8O2/c1-2-6-31-16-15(26-18(21)27-16)17(34)32(19(31)35)7-3-8-33-29-14(28-30-33)10-11-9-12(20(23,24)25)4-5-13(11)22/h4-5,9H,2-3,6-8,10H2,1H3,(H,26,27). The molecule has 0 aliphatic rings. The van der Waals surface area contributed by atoms with E-state index >= 15 is 0 Å². The maximum atomic E-state index is 14.0. The van der Waals surface area contributed by atoms with Crippen molar-refractivity contribution < 1.29 is 17.6 Å². The van der Waals surface area contributed by atoms with Gasteiger partial charge in [0.1, 0.15) is 5.82 Å². The molecule has 0 aliphatic carbocycles. The van der Waals surface area contributed by atoms with Gasteiger partial charge in [0.2, 0.25) is 5.28 Å². The Bertz CT molecular complexity index is 1490. The number of aromatic amines is 1. The Morgan fingerprint density at radius 2 is 1.89 bits per heavy atom. The summed E-state index contributed by atoms with van der Waals surface area (Å²) in [6.45, 7) is 2.41. The van der Waals surface area contributed by atoms with Gasteiger partial charge in [-0.15, -0.1) is 10.2 Å². The molecular formula is C20H19ClF4N8O2. The molecule has 15 heteroatoms. The van der Waals surface area contributed by atoms with Gasteiger partial charge in [0.15, 0.2) is 17.0 Å². The van der Waals surface area contributed by atoms with Crippen molar-refractivity contribution in [3.05, 3.63) is 67.1 Å². The van der Waals surface area contributed by atoms with Crippen LogP contribution in [0.3, 0.4) is 0 Å². The van der Waals surface area contributed by atoms with Gasteiger partial charge >= 0.3 is 11.9 Å². The van der Waals surface area contributed by atoms with Gasteiger partial charge in [-0.2, -0.15) is 23.0 Å². The zero-order valence-electron chi connectivity index (χ0n) is 18.3. The molecule has 186 valence electrons. The van der Waals surface area contributed by atoms with E-state index in [9.17, 15) is 27.2 Å². The topological polar surface area (TPSA) is 116 Å². The quantitative estimate of drug-likeness (QED) is 0.285. The monoisotopic (exact) mass is 514 g/mol. The second-order valence-electron chi connectivity index (χ2n) is 7.75. The lowest BCUT2D eigenvalue weighted by atomic mass is 10.1. The molecule has 0 saturated heterocycles. The van der Waals surface area contributed by atoms with Crippen LogP contribution in [0, 0.1) is 5.82 Å². The molecule has 35 heavy (non-hydrogen) atoms. The molecule has 0 unspecified atom stereocenters. The second-order valence-corrected chi connectivity index (χ2v) is 8.11. The first-order valence-corrected chi connectivity index (χ1v) is 11.0. The second kappa shape index (κ2) is 9.60. The number of tetrazole rings is 1. The predicted octanol–water partition coefficient (Wildman–Crippen LogP) is 2.78. The predicted molar refractivity (Wildman–Crippen MR) is 117 cm³/mol. The van der Waals surface area contributed by atoms with E-state index in [1.54, 1.807) is 0 Å². The Kier molecular flexibility index (Phi) is 6.74. The zero-order chi connectivity index (χ0) is 25.3. The molecule has 0 spiro atoms.